The Labute approximate surface area is 120 Å². The van der Waals surface area contributed by atoms with Crippen molar-refractivity contribution in [2.24, 2.45) is 0 Å². The molecule has 0 spiro atoms. The van der Waals surface area contributed by atoms with E-state index < -0.39 is 0 Å². The van der Waals surface area contributed by atoms with Gasteiger partial charge in [0.2, 0.25) is 0 Å². The minimum absolute atomic E-state index is 0.199. The number of hydrogen-bond donors (Lipinski definition) is 2. The van der Waals surface area contributed by atoms with E-state index in [4.69, 9.17) is 4.42 Å². The van der Waals surface area contributed by atoms with Gasteiger partial charge in [-0.2, -0.15) is 0 Å². The molecule has 0 radical (unpaired) electrons. The molecule has 2 unspecified atom stereocenters. The van der Waals surface area contributed by atoms with Crippen molar-refractivity contribution in [1.29, 1.82) is 0 Å². The van der Waals surface area contributed by atoms with Crippen molar-refractivity contribution in [3.8, 4) is 5.75 Å². The number of nitrogens with one attached hydrogen (secondary N) is 1. The lowest BCUT2D eigenvalue weighted by Gasteiger charge is -2.25. The molecule has 0 aliphatic heterocycles. The third-order valence-corrected chi connectivity index (χ3v) is 3.51. The number of phenols is 1. The number of nitrogens with zero attached hydrogens (tertiary/aromatic N) is 1. The van der Waals surface area contributed by atoms with Gasteiger partial charge in [0.1, 0.15) is 11.5 Å². The smallest absolute Gasteiger partial charge is 0.122 e. The Hall–Kier alpha value is -1.78. The summed E-state index contributed by atoms with van der Waals surface area (Å²) in [6.07, 6.45) is 1.70. The van der Waals surface area contributed by atoms with Crippen LogP contribution in [0.5, 0.6) is 5.75 Å². The first kappa shape index (κ1) is 14.6. The van der Waals surface area contributed by atoms with Crippen LogP contribution in [0.25, 0.3) is 0 Å². The van der Waals surface area contributed by atoms with Gasteiger partial charge in [0.05, 0.1) is 12.3 Å². The van der Waals surface area contributed by atoms with Gasteiger partial charge in [0.25, 0.3) is 0 Å². The van der Waals surface area contributed by atoms with Crippen LogP contribution in [0.1, 0.15) is 30.3 Å². The Balaban J connectivity index is 1.97. The summed E-state index contributed by atoms with van der Waals surface area (Å²) in [5.41, 5.74) is 1.15. The summed E-state index contributed by atoms with van der Waals surface area (Å²) in [5, 5.41) is 12.8. The molecule has 4 heteroatoms. The van der Waals surface area contributed by atoms with Crippen molar-refractivity contribution < 1.29 is 9.52 Å². The van der Waals surface area contributed by atoms with Crippen LogP contribution in [0.15, 0.2) is 47.1 Å². The van der Waals surface area contributed by atoms with E-state index in [-0.39, 0.29) is 12.1 Å². The largest absolute Gasteiger partial charge is 0.508 e. The topological polar surface area (TPSA) is 48.6 Å². The van der Waals surface area contributed by atoms with Gasteiger partial charge in [-0.05, 0) is 50.8 Å². The van der Waals surface area contributed by atoms with E-state index in [1.165, 1.54) is 0 Å². The summed E-state index contributed by atoms with van der Waals surface area (Å²) in [5.74, 6) is 1.25. The van der Waals surface area contributed by atoms with Gasteiger partial charge >= 0.3 is 0 Å². The van der Waals surface area contributed by atoms with Crippen molar-refractivity contribution in [2.75, 3.05) is 20.6 Å². The molecule has 4 nitrogen and oxygen atoms in total. The first-order chi connectivity index (χ1) is 9.58. The second-order valence-electron chi connectivity index (χ2n) is 5.22. The normalized spacial score (nSPS) is 14.4. The Bertz CT molecular complexity index is 506. The van der Waals surface area contributed by atoms with Crippen molar-refractivity contribution in [1.82, 2.24) is 10.2 Å². The minimum atomic E-state index is 0.199. The van der Waals surface area contributed by atoms with E-state index in [9.17, 15) is 5.11 Å². The van der Waals surface area contributed by atoms with Crippen molar-refractivity contribution >= 4 is 0 Å². The molecule has 0 aliphatic rings. The molecular weight excluding hydrogens is 252 g/mol. The molecule has 0 aliphatic carbocycles. The van der Waals surface area contributed by atoms with Crippen LogP contribution in [0.3, 0.4) is 0 Å². The first-order valence-electron chi connectivity index (χ1n) is 6.80. The van der Waals surface area contributed by atoms with Crippen LogP contribution in [0, 0.1) is 0 Å². The maximum Gasteiger partial charge on any atom is 0.122 e. The highest BCUT2D eigenvalue weighted by Gasteiger charge is 2.17. The molecule has 0 fully saturated rings. The second-order valence-corrected chi connectivity index (χ2v) is 5.22. The summed E-state index contributed by atoms with van der Waals surface area (Å²) in [6.45, 7) is 2.91. The van der Waals surface area contributed by atoms with E-state index in [2.05, 4.69) is 17.1 Å². The van der Waals surface area contributed by atoms with Gasteiger partial charge in [-0.25, -0.2) is 0 Å². The summed E-state index contributed by atoms with van der Waals surface area (Å²) >= 11 is 0. The Morgan fingerprint density at radius 1 is 1.20 bits per heavy atom. The first-order valence-corrected chi connectivity index (χ1v) is 6.80. The third kappa shape index (κ3) is 3.62. The van der Waals surface area contributed by atoms with E-state index in [1.54, 1.807) is 18.4 Å². The zero-order valence-corrected chi connectivity index (χ0v) is 12.2. The van der Waals surface area contributed by atoms with Crippen LogP contribution in [-0.4, -0.2) is 30.6 Å². The standard InChI is InChI=1S/C16H22N2O2/c1-12(13-6-8-14(19)9-7-13)17-11-15(18(2)3)16-5-4-10-20-16/h4-10,12,15,17,19H,11H2,1-3H3. The van der Waals surface area contributed by atoms with E-state index in [1.807, 2.05) is 38.4 Å². The van der Waals surface area contributed by atoms with E-state index in [0.29, 0.717) is 5.75 Å². The van der Waals surface area contributed by atoms with Crippen LogP contribution >= 0.6 is 0 Å². The number of rotatable bonds is 6. The summed E-state index contributed by atoms with van der Waals surface area (Å²) in [4.78, 5) is 2.13. The van der Waals surface area contributed by atoms with Gasteiger partial charge in [-0.15, -0.1) is 0 Å². The molecule has 2 atom stereocenters. The third-order valence-electron chi connectivity index (χ3n) is 3.51. The fourth-order valence-electron chi connectivity index (χ4n) is 2.19. The molecule has 0 bridgehead atoms. The molecule has 2 rings (SSSR count). The van der Waals surface area contributed by atoms with Crippen LogP contribution in [-0.2, 0) is 0 Å². The van der Waals surface area contributed by atoms with Gasteiger partial charge in [-0.1, -0.05) is 12.1 Å². The fraction of sp³-hybridized carbons (Fsp3) is 0.375. The molecule has 0 amide bonds. The quantitative estimate of drug-likeness (QED) is 0.850. The maximum atomic E-state index is 9.31. The number of aromatic hydroxyl groups is 1. The molecule has 20 heavy (non-hydrogen) atoms. The molecule has 1 heterocycles. The SMILES string of the molecule is CC(NCC(c1ccco1)N(C)C)c1ccc(O)cc1. The molecule has 0 saturated carbocycles. The Morgan fingerprint density at radius 3 is 2.45 bits per heavy atom. The zero-order valence-electron chi connectivity index (χ0n) is 12.2. The number of benzene rings is 1. The van der Waals surface area contributed by atoms with Crippen molar-refractivity contribution in [3.05, 3.63) is 54.0 Å². The maximum absolute atomic E-state index is 9.31. The van der Waals surface area contributed by atoms with Gasteiger partial charge < -0.3 is 14.8 Å². The highest BCUT2D eigenvalue weighted by atomic mass is 16.3. The predicted molar refractivity (Wildman–Crippen MR) is 79.7 cm³/mol. The molecule has 0 saturated heterocycles. The molecule has 2 N–H and O–H groups in total. The zero-order chi connectivity index (χ0) is 14.5. The number of likely N-dealkylation sites (N-methyl/N-ethyl adjacent to an activating group) is 1. The predicted octanol–water partition coefficient (Wildman–Crippen LogP) is 2.94. The molecule has 1 aromatic heterocycles. The van der Waals surface area contributed by atoms with Crippen LogP contribution in [0.2, 0.25) is 0 Å². The van der Waals surface area contributed by atoms with Crippen LogP contribution < -0.4 is 5.32 Å². The van der Waals surface area contributed by atoms with Crippen molar-refractivity contribution in [3.63, 3.8) is 0 Å². The van der Waals surface area contributed by atoms with Crippen molar-refractivity contribution in [2.45, 2.75) is 19.0 Å². The lowest BCUT2D eigenvalue weighted by molar-refractivity contribution is 0.245. The van der Waals surface area contributed by atoms with E-state index >= 15 is 0 Å². The van der Waals surface area contributed by atoms with Gasteiger partial charge in [0.15, 0.2) is 0 Å². The molecule has 108 valence electrons. The Kier molecular flexibility index (Phi) is 4.82. The van der Waals surface area contributed by atoms with Gasteiger partial charge in [-0.3, -0.25) is 4.90 Å². The summed E-state index contributed by atoms with van der Waals surface area (Å²) in [7, 11) is 4.08. The number of furan rings is 1. The summed E-state index contributed by atoms with van der Waals surface area (Å²) in [6, 6.07) is 11.6. The highest BCUT2D eigenvalue weighted by molar-refractivity contribution is 5.27. The minimum Gasteiger partial charge on any atom is -0.508 e. The van der Waals surface area contributed by atoms with Gasteiger partial charge in [0, 0.05) is 12.6 Å². The lowest BCUT2D eigenvalue weighted by Crippen LogP contribution is -2.32. The average molecular weight is 274 g/mol. The average Bonchev–Trinajstić information content (AvgIpc) is 2.93. The number of phenolic OH excluding ortho intramolecular Hbond substituents is 1. The summed E-state index contributed by atoms with van der Waals surface area (Å²) < 4.78 is 5.50. The second kappa shape index (κ2) is 6.59. The monoisotopic (exact) mass is 274 g/mol. The Morgan fingerprint density at radius 2 is 1.90 bits per heavy atom. The highest BCUT2D eigenvalue weighted by Crippen LogP contribution is 2.20. The number of hydrogen-bond acceptors (Lipinski definition) is 4. The van der Waals surface area contributed by atoms with E-state index in [0.717, 1.165) is 17.9 Å². The lowest BCUT2D eigenvalue weighted by atomic mass is 10.1. The van der Waals surface area contributed by atoms with Crippen LogP contribution in [0.4, 0.5) is 0 Å². The molecule has 1 aromatic carbocycles. The fourth-order valence-corrected chi connectivity index (χ4v) is 2.19. The molecular formula is C16H22N2O2. The molecule has 2 aromatic rings.